The summed E-state index contributed by atoms with van der Waals surface area (Å²) in [4.78, 5) is 14.3. The summed E-state index contributed by atoms with van der Waals surface area (Å²) in [5.74, 6) is -0.382. The monoisotopic (exact) mass is 534 g/mol. The van der Waals surface area contributed by atoms with Crippen LogP contribution in [0.5, 0.6) is 0 Å². The number of carbonyl (C=O) groups excluding carboxylic acids is 1. The van der Waals surface area contributed by atoms with Crippen molar-refractivity contribution < 1.29 is 13.2 Å². The zero-order chi connectivity index (χ0) is 26.6. The largest absolute Gasteiger partial charge is 0.312 e. The molecule has 2 aromatic carbocycles. The Bertz CT molecular complexity index is 1530. The number of amides is 1. The van der Waals surface area contributed by atoms with E-state index in [1.807, 2.05) is 24.3 Å². The van der Waals surface area contributed by atoms with Gasteiger partial charge in [-0.3, -0.25) is 9.10 Å². The molecule has 2 aliphatic heterocycles. The molecule has 3 aromatic rings. The molecule has 2 aliphatic rings. The summed E-state index contributed by atoms with van der Waals surface area (Å²) in [6, 6.07) is 15.8. The van der Waals surface area contributed by atoms with E-state index in [0.29, 0.717) is 34.8 Å². The SMILES string of the molecule is CC1(C)Cc2c(sc(NC(=O)c3ccc(S(=O)(=O)N4CCCc5ccccc54)cc3)c2C#N)C(C)(C)N1. The van der Waals surface area contributed by atoms with Crippen LogP contribution in [0.2, 0.25) is 0 Å². The standard InChI is InChI=1S/C28H30N4O3S2/c1-27(2)16-21-22(17-29)26(36-24(21)28(3,4)31-27)30-25(33)19-11-13-20(14-12-19)37(34,35)32-15-7-9-18-8-5-6-10-23(18)32/h5-6,8,10-14,31H,7,9,15-16H2,1-4H3,(H,30,33). The number of para-hydroxylation sites is 1. The van der Waals surface area contributed by atoms with Gasteiger partial charge < -0.3 is 10.6 Å². The van der Waals surface area contributed by atoms with Gasteiger partial charge in [0.25, 0.3) is 15.9 Å². The van der Waals surface area contributed by atoms with Crippen LogP contribution in [-0.4, -0.2) is 26.4 Å². The number of hydrogen-bond acceptors (Lipinski definition) is 6. The maximum atomic E-state index is 13.4. The molecule has 0 radical (unpaired) electrons. The fraction of sp³-hybridized carbons (Fsp3) is 0.357. The number of fused-ring (bicyclic) bond motifs is 2. The van der Waals surface area contributed by atoms with E-state index in [-0.39, 0.29) is 21.9 Å². The Morgan fingerprint density at radius 2 is 1.81 bits per heavy atom. The van der Waals surface area contributed by atoms with Gasteiger partial charge >= 0.3 is 0 Å². The zero-order valence-corrected chi connectivity index (χ0v) is 23.0. The fourth-order valence-electron chi connectivity index (χ4n) is 5.56. The predicted molar refractivity (Wildman–Crippen MR) is 147 cm³/mol. The van der Waals surface area contributed by atoms with E-state index in [1.54, 1.807) is 0 Å². The minimum atomic E-state index is -3.76. The Kier molecular flexibility index (Phi) is 6.18. The third-order valence-corrected chi connectivity index (χ3v) is 10.3. The highest BCUT2D eigenvalue weighted by Gasteiger charge is 2.40. The highest BCUT2D eigenvalue weighted by Crippen LogP contribution is 2.44. The van der Waals surface area contributed by atoms with Gasteiger partial charge in [0.1, 0.15) is 11.1 Å². The summed E-state index contributed by atoms with van der Waals surface area (Å²) >= 11 is 1.42. The van der Waals surface area contributed by atoms with Crippen molar-refractivity contribution in [2.24, 2.45) is 0 Å². The highest BCUT2D eigenvalue weighted by molar-refractivity contribution is 7.92. The predicted octanol–water partition coefficient (Wildman–Crippen LogP) is 5.17. The van der Waals surface area contributed by atoms with Crippen molar-refractivity contribution in [2.45, 2.75) is 62.9 Å². The van der Waals surface area contributed by atoms with Crippen molar-refractivity contribution in [1.29, 1.82) is 5.26 Å². The molecule has 0 bridgehead atoms. The van der Waals surface area contributed by atoms with Crippen LogP contribution in [0.1, 0.15) is 66.0 Å². The fourth-order valence-corrected chi connectivity index (χ4v) is 8.33. The Hall–Kier alpha value is -3.19. The van der Waals surface area contributed by atoms with Crippen molar-refractivity contribution in [3.05, 3.63) is 75.7 Å². The Labute approximate surface area is 222 Å². The quantitative estimate of drug-likeness (QED) is 0.481. The second kappa shape index (κ2) is 8.98. The minimum absolute atomic E-state index is 0.139. The molecule has 192 valence electrons. The molecule has 2 N–H and O–H groups in total. The van der Waals surface area contributed by atoms with E-state index in [4.69, 9.17) is 0 Å². The summed E-state index contributed by atoms with van der Waals surface area (Å²) in [5, 5.41) is 17.0. The molecule has 1 aromatic heterocycles. The second-order valence-corrected chi connectivity index (χ2v) is 13.7. The topological polar surface area (TPSA) is 102 Å². The Balaban J connectivity index is 1.40. The summed E-state index contributed by atoms with van der Waals surface area (Å²) < 4.78 is 28.3. The van der Waals surface area contributed by atoms with E-state index in [0.717, 1.165) is 28.8 Å². The van der Waals surface area contributed by atoms with Gasteiger partial charge in [-0.15, -0.1) is 11.3 Å². The Morgan fingerprint density at radius 1 is 1.11 bits per heavy atom. The van der Waals surface area contributed by atoms with Crippen LogP contribution in [0.3, 0.4) is 0 Å². The number of nitrogens with one attached hydrogen (secondary N) is 2. The molecule has 0 saturated carbocycles. The highest BCUT2D eigenvalue weighted by atomic mass is 32.2. The summed E-state index contributed by atoms with van der Waals surface area (Å²) in [7, 11) is -3.76. The molecule has 1 amide bonds. The van der Waals surface area contributed by atoms with Gasteiger partial charge in [0.15, 0.2) is 0 Å². The molecule has 0 atom stereocenters. The molecule has 0 aliphatic carbocycles. The molecule has 7 nitrogen and oxygen atoms in total. The number of nitrogens with zero attached hydrogens (tertiary/aromatic N) is 2. The average Bonchev–Trinajstić information content (AvgIpc) is 3.19. The lowest BCUT2D eigenvalue weighted by molar-refractivity contribution is 0.102. The first-order valence-corrected chi connectivity index (χ1v) is 14.6. The van der Waals surface area contributed by atoms with Gasteiger partial charge in [-0.1, -0.05) is 18.2 Å². The molecular weight excluding hydrogens is 504 g/mol. The van der Waals surface area contributed by atoms with Gasteiger partial charge in [0.05, 0.1) is 16.1 Å². The second-order valence-electron chi connectivity index (χ2n) is 10.8. The number of thiophene rings is 1. The molecular formula is C28H30N4O3S2. The average molecular weight is 535 g/mol. The molecule has 3 heterocycles. The maximum absolute atomic E-state index is 13.4. The molecule has 5 rings (SSSR count). The van der Waals surface area contributed by atoms with Gasteiger partial charge in [-0.2, -0.15) is 5.26 Å². The zero-order valence-electron chi connectivity index (χ0n) is 21.4. The molecule has 0 saturated heterocycles. The third-order valence-electron chi connectivity index (χ3n) is 6.96. The number of aryl methyl sites for hydroxylation is 1. The summed E-state index contributed by atoms with van der Waals surface area (Å²) in [6.45, 7) is 8.79. The van der Waals surface area contributed by atoms with Crippen LogP contribution in [0.4, 0.5) is 10.7 Å². The van der Waals surface area contributed by atoms with Crippen molar-refractivity contribution >= 4 is 38.0 Å². The van der Waals surface area contributed by atoms with Gasteiger partial charge in [0, 0.05) is 28.1 Å². The van der Waals surface area contributed by atoms with E-state index < -0.39 is 10.0 Å². The molecule has 9 heteroatoms. The van der Waals surface area contributed by atoms with Crippen LogP contribution in [0.15, 0.2) is 53.4 Å². The molecule has 0 unspecified atom stereocenters. The summed E-state index contributed by atoms with van der Waals surface area (Å²) in [6.07, 6.45) is 2.29. The maximum Gasteiger partial charge on any atom is 0.264 e. The van der Waals surface area contributed by atoms with E-state index in [9.17, 15) is 18.5 Å². The lowest BCUT2D eigenvalue weighted by atomic mass is 9.81. The van der Waals surface area contributed by atoms with Gasteiger partial charge in [-0.05, 0) is 88.4 Å². The van der Waals surface area contributed by atoms with Crippen molar-refractivity contribution in [1.82, 2.24) is 5.32 Å². The number of nitriles is 1. The number of sulfonamides is 1. The Morgan fingerprint density at radius 3 is 2.51 bits per heavy atom. The number of benzene rings is 2. The van der Waals surface area contributed by atoms with E-state index in [2.05, 4.69) is 44.4 Å². The minimum Gasteiger partial charge on any atom is -0.312 e. The lowest BCUT2D eigenvalue weighted by Gasteiger charge is -2.42. The number of hydrogen-bond donors (Lipinski definition) is 2. The first kappa shape index (κ1) is 25.5. The van der Waals surface area contributed by atoms with Crippen LogP contribution in [0.25, 0.3) is 0 Å². The summed E-state index contributed by atoms with van der Waals surface area (Å²) in [5.41, 5.74) is 3.01. The van der Waals surface area contributed by atoms with Crippen LogP contribution in [0, 0.1) is 11.3 Å². The van der Waals surface area contributed by atoms with Crippen LogP contribution < -0.4 is 14.9 Å². The normalized spacial score (nSPS) is 17.9. The number of carbonyl (C=O) groups is 1. The lowest BCUT2D eigenvalue weighted by Crippen LogP contribution is -2.54. The first-order chi connectivity index (χ1) is 17.4. The number of rotatable bonds is 4. The smallest absolute Gasteiger partial charge is 0.264 e. The first-order valence-electron chi connectivity index (χ1n) is 12.3. The van der Waals surface area contributed by atoms with Gasteiger partial charge in [-0.25, -0.2) is 8.42 Å². The van der Waals surface area contributed by atoms with Crippen molar-refractivity contribution in [2.75, 3.05) is 16.2 Å². The van der Waals surface area contributed by atoms with Crippen LogP contribution in [-0.2, 0) is 28.4 Å². The molecule has 0 fully saturated rings. The number of anilines is 2. The van der Waals surface area contributed by atoms with Gasteiger partial charge in [0.2, 0.25) is 0 Å². The van der Waals surface area contributed by atoms with E-state index >= 15 is 0 Å². The molecule has 37 heavy (non-hydrogen) atoms. The van der Waals surface area contributed by atoms with E-state index in [1.165, 1.54) is 39.9 Å². The molecule has 0 spiro atoms. The third kappa shape index (κ3) is 4.54. The van der Waals surface area contributed by atoms with Crippen molar-refractivity contribution in [3.63, 3.8) is 0 Å². The van der Waals surface area contributed by atoms with Crippen LogP contribution >= 0.6 is 11.3 Å². The van der Waals surface area contributed by atoms with Crippen molar-refractivity contribution in [3.8, 4) is 6.07 Å².